The first-order chi connectivity index (χ1) is 6.18. The lowest BCUT2D eigenvalue weighted by Gasteiger charge is -2.09. The van der Waals surface area contributed by atoms with Gasteiger partial charge in [0.1, 0.15) is 0 Å². The third kappa shape index (κ3) is 7.35. The number of amides is 1. The Labute approximate surface area is 80.5 Å². The molecule has 3 heteroatoms. The van der Waals surface area contributed by atoms with Crippen LogP contribution < -0.4 is 5.32 Å². The summed E-state index contributed by atoms with van der Waals surface area (Å²) in [6, 6.07) is 0. The van der Waals surface area contributed by atoms with E-state index in [1.807, 2.05) is 6.92 Å². The Bertz CT molecular complexity index is 201. The van der Waals surface area contributed by atoms with Crippen LogP contribution in [0, 0.1) is 11.8 Å². The van der Waals surface area contributed by atoms with Crippen molar-refractivity contribution in [2.75, 3.05) is 27.2 Å². The number of rotatable bonds is 5. The van der Waals surface area contributed by atoms with Crippen LogP contribution in [-0.2, 0) is 4.79 Å². The van der Waals surface area contributed by atoms with Gasteiger partial charge in [0, 0.05) is 40.0 Å². The minimum Gasteiger partial charge on any atom is -0.349 e. The summed E-state index contributed by atoms with van der Waals surface area (Å²) in [5.74, 6) is 5.93. The van der Waals surface area contributed by atoms with Crippen molar-refractivity contribution in [3.05, 3.63) is 0 Å². The molecule has 1 amide bonds. The molecule has 0 fully saturated rings. The summed E-state index contributed by atoms with van der Waals surface area (Å²) in [5.41, 5.74) is 0. The Morgan fingerprint density at radius 2 is 2.08 bits per heavy atom. The van der Waals surface area contributed by atoms with E-state index in [1.165, 1.54) is 0 Å². The molecule has 0 rings (SSSR count). The topological polar surface area (TPSA) is 32.3 Å². The molecule has 0 heterocycles. The molecule has 0 aliphatic carbocycles. The molecular weight excluding hydrogens is 164 g/mol. The van der Waals surface area contributed by atoms with Crippen LogP contribution >= 0.6 is 0 Å². The van der Waals surface area contributed by atoms with Crippen molar-refractivity contribution in [2.45, 2.75) is 19.8 Å². The highest BCUT2D eigenvalue weighted by Gasteiger charge is 2.01. The monoisotopic (exact) mass is 182 g/mol. The van der Waals surface area contributed by atoms with E-state index in [1.54, 1.807) is 19.0 Å². The molecular formula is C10H18N2O. The van der Waals surface area contributed by atoms with Crippen LogP contribution in [0.2, 0.25) is 0 Å². The Kier molecular flexibility index (Phi) is 7.04. The maximum absolute atomic E-state index is 11.1. The molecule has 0 saturated carbocycles. The van der Waals surface area contributed by atoms with E-state index in [-0.39, 0.29) is 5.91 Å². The normalized spacial score (nSPS) is 8.85. The van der Waals surface area contributed by atoms with Crippen molar-refractivity contribution in [3.63, 3.8) is 0 Å². The van der Waals surface area contributed by atoms with Gasteiger partial charge in [-0.05, 0) is 6.92 Å². The molecule has 0 atom stereocenters. The van der Waals surface area contributed by atoms with Gasteiger partial charge in [0.2, 0.25) is 5.91 Å². The van der Waals surface area contributed by atoms with E-state index >= 15 is 0 Å². The summed E-state index contributed by atoms with van der Waals surface area (Å²) in [4.78, 5) is 12.7. The number of nitrogens with one attached hydrogen (secondary N) is 1. The lowest BCUT2D eigenvalue weighted by Crippen LogP contribution is -2.27. The van der Waals surface area contributed by atoms with Gasteiger partial charge in [-0.1, -0.05) is 0 Å². The smallest absolute Gasteiger partial charge is 0.223 e. The molecule has 13 heavy (non-hydrogen) atoms. The maximum Gasteiger partial charge on any atom is 0.223 e. The molecule has 0 radical (unpaired) electrons. The predicted molar refractivity (Wildman–Crippen MR) is 54.2 cm³/mol. The average molecular weight is 182 g/mol. The van der Waals surface area contributed by atoms with Crippen molar-refractivity contribution < 1.29 is 4.79 Å². The molecule has 0 spiro atoms. The summed E-state index contributed by atoms with van der Waals surface area (Å²) < 4.78 is 0. The maximum atomic E-state index is 11.1. The van der Waals surface area contributed by atoms with Crippen LogP contribution in [0.4, 0.5) is 0 Å². The fourth-order valence-electron chi connectivity index (χ4n) is 0.820. The first-order valence-electron chi connectivity index (χ1n) is 4.49. The number of hydrogen-bond acceptors (Lipinski definition) is 2. The Morgan fingerprint density at radius 1 is 1.38 bits per heavy atom. The summed E-state index contributed by atoms with van der Waals surface area (Å²) in [7, 11) is 3.54. The molecule has 0 aromatic heterocycles. The van der Waals surface area contributed by atoms with E-state index in [9.17, 15) is 4.79 Å². The second kappa shape index (κ2) is 7.63. The third-order valence-electron chi connectivity index (χ3n) is 1.62. The van der Waals surface area contributed by atoms with Gasteiger partial charge in [-0.3, -0.25) is 4.79 Å². The quantitative estimate of drug-likeness (QED) is 0.495. The number of hydrogen-bond donors (Lipinski definition) is 1. The van der Waals surface area contributed by atoms with Crippen LogP contribution in [0.25, 0.3) is 0 Å². The van der Waals surface area contributed by atoms with Gasteiger partial charge in [-0.15, -0.1) is 11.8 Å². The summed E-state index contributed by atoms with van der Waals surface area (Å²) in [6.45, 7) is 3.43. The molecule has 0 aromatic rings. The van der Waals surface area contributed by atoms with Gasteiger partial charge in [0.25, 0.3) is 0 Å². The van der Waals surface area contributed by atoms with Crippen LogP contribution in [0.3, 0.4) is 0 Å². The van der Waals surface area contributed by atoms with E-state index in [2.05, 4.69) is 17.2 Å². The average Bonchev–Trinajstić information content (AvgIpc) is 2.10. The Balaban J connectivity index is 3.24. The molecule has 74 valence electrons. The molecule has 0 bridgehead atoms. The predicted octanol–water partition coefficient (Wildman–Crippen LogP) is 0.468. The zero-order valence-electron chi connectivity index (χ0n) is 8.68. The lowest BCUT2D eigenvalue weighted by molar-refractivity contribution is -0.128. The third-order valence-corrected chi connectivity index (χ3v) is 1.62. The van der Waals surface area contributed by atoms with Gasteiger partial charge >= 0.3 is 0 Å². The number of nitrogens with zero attached hydrogens (tertiary/aromatic N) is 1. The number of carbonyl (C=O) groups excluding carboxylic acids is 1. The Morgan fingerprint density at radius 3 is 2.62 bits per heavy atom. The van der Waals surface area contributed by atoms with Gasteiger partial charge in [-0.25, -0.2) is 0 Å². The molecule has 0 aliphatic heterocycles. The van der Waals surface area contributed by atoms with Crippen molar-refractivity contribution >= 4 is 5.91 Å². The first-order valence-corrected chi connectivity index (χ1v) is 4.49. The fraction of sp³-hybridized carbons (Fsp3) is 0.700. The number of carbonyl (C=O) groups is 1. The summed E-state index contributed by atoms with van der Waals surface area (Å²) in [5, 5.41) is 3.16. The highest BCUT2D eigenvalue weighted by atomic mass is 16.2. The second-order valence-electron chi connectivity index (χ2n) is 2.96. The molecule has 3 nitrogen and oxygen atoms in total. The second-order valence-corrected chi connectivity index (χ2v) is 2.96. The van der Waals surface area contributed by atoms with Gasteiger partial charge in [-0.2, -0.15) is 0 Å². The van der Waals surface area contributed by atoms with Gasteiger partial charge in [0.15, 0.2) is 0 Å². The fourth-order valence-corrected chi connectivity index (χ4v) is 0.820. The van der Waals surface area contributed by atoms with Crippen molar-refractivity contribution in [1.82, 2.24) is 10.2 Å². The Hall–Kier alpha value is -1.01. The van der Waals surface area contributed by atoms with E-state index in [0.29, 0.717) is 6.42 Å². The highest BCUT2D eigenvalue weighted by Crippen LogP contribution is 1.84. The molecule has 0 saturated heterocycles. The molecule has 0 aliphatic rings. The molecule has 1 N–H and O–H groups in total. The molecule has 0 aromatic carbocycles. The zero-order valence-corrected chi connectivity index (χ0v) is 8.68. The van der Waals surface area contributed by atoms with E-state index in [4.69, 9.17) is 0 Å². The van der Waals surface area contributed by atoms with E-state index in [0.717, 1.165) is 19.5 Å². The van der Waals surface area contributed by atoms with Gasteiger partial charge in [0.05, 0.1) is 0 Å². The van der Waals surface area contributed by atoms with Crippen molar-refractivity contribution in [1.29, 1.82) is 0 Å². The zero-order chi connectivity index (χ0) is 10.1. The van der Waals surface area contributed by atoms with Gasteiger partial charge < -0.3 is 10.2 Å². The first kappa shape index (κ1) is 12.0. The molecule has 0 unspecified atom stereocenters. The van der Waals surface area contributed by atoms with Crippen LogP contribution in [0.15, 0.2) is 0 Å². The summed E-state index contributed by atoms with van der Waals surface area (Å²) in [6.07, 6.45) is 1.42. The van der Waals surface area contributed by atoms with Crippen LogP contribution in [-0.4, -0.2) is 38.0 Å². The van der Waals surface area contributed by atoms with Crippen LogP contribution in [0.5, 0.6) is 0 Å². The van der Waals surface area contributed by atoms with Crippen LogP contribution in [0.1, 0.15) is 19.8 Å². The van der Waals surface area contributed by atoms with Crippen molar-refractivity contribution in [2.24, 2.45) is 0 Å². The van der Waals surface area contributed by atoms with E-state index < -0.39 is 0 Å². The minimum absolute atomic E-state index is 0.161. The SMILES string of the molecule is CC#CCCNCCC(=O)N(C)C. The summed E-state index contributed by atoms with van der Waals surface area (Å²) >= 11 is 0. The largest absolute Gasteiger partial charge is 0.349 e. The lowest BCUT2D eigenvalue weighted by atomic mass is 10.3. The highest BCUT2D eigenvalue weighted by molar-refractivity contribution is 5.75. The van der Waals surface area contributed by atoms with Crippen molar-refractivity contribution in [3.8, 4) is 11.8 Å². The minimum atomic E-state index is 0.161. The standard InChI is InChI=1S/C10H18N2O/c1-4-5-6-8-11-9-7-10(13)12(2)3/h11H,6-9H2,1-3H3.